The van der Waals surface area contributed by atoms with Crippen molar-refractivity contribution >= 4 is 23.4 Å². The zero-order chi connectivity index (χ0) is 22.6. The highest BCUT2D eigenvalue weighted by atomic mass is 35.5. The van der Waals surface area contributed by atoms with Crippen molar-refractivity contribution in [3.05, 3.63) is 93.8 Å². The predicted molar refractivity (Wildman–Crippen MR) is 123 cm³/mol. The summed E-state index contributed by atoms with van der Waals surface area (Å²) in [6.07, 6.45) is 2.40. The van der Waals surface area contributed by atoms with E-state index >= 15 is 4.39 Å². The number of amides is 2. The van der Waals surface area contributed by atoms with Crippen LogP contribution in [0.3, 0.4) is 0 Å². The van der Waals surface area contributed by atoms with E-state index in [9.17, 15) is 9.59 Å². The monoisotopic (exact) mass is 446 g/mol. The van der Waals surface area contributed by atoms with E-state index in [1.807, 2.05) is 30.3 Å². The smallest absolute Gasteiger partial charge is 0.249 e. The first kappa shape index (κ1) is 20.5. The molecule has 1 aliphatic heterocycles. The van der Waals surface area contributed by atoms with Crippen LogP contribution in [-0.4, -0.2) is 23.3 Å². The van der Waals surface area contributed by atoms with Crippen molar-refractivity contribution in [1.82, 2.24) is 4.90 Å². The number of nitrogens with zero attached hydrogens (tertiary/aromatic N) is 1. The van der Waals surface area contributed by atoms with Gasteiger partial charge in [-0.05, 0) is 76.1 Å². The maximum absolute atomic E-state index is 15.7. The molecule has 32 heavy (non-hydrogen) atoms. The van der Waals surface area contributed by atoms with Crippen molar-refractivity contribution in [3.63, 3.8) is 0 Å². The van der Waals surface area contributed by atoms with Crippen molar-refractivity contribution in [2.75, 3.05) is 6.54 Å². The lowest BCUT2D eigenvalue weighted by molar-refractivity contribution is -0.126. The zero-order valence-electron chi connectivity index (χ0n) is 17.3. The van der Waals surface area contributed by atoms with Crippen LogP contribution < -0.4 is 5.73 Å². The molecule has 0 unspecified atom stereocenters. The van der Waals surface area contributed by atoms with Gasteiger partial charge < -0.3 is 10.6 Å². The molecule has 2 aliphatic rings. The second-order valence-electron chi connectivity index (χ2n) is 8.13. The van der Waals surface area contributed by atoms with Gasteiger partial charge in [-0.15, -0.1) is 0 Å². The average Bonchev–Trinajstić information content (AvgIpc) is 3.15. The molecule has 160 valence electrons. The molecule has 0 saturated carbocycles. The summed E-state index contributed by atoms with van der Waals surface area (Å²) in [5.74, 6) is -1.27. The van der Waals surface area contributed by atoms with Crippen LogP contribution in [0.2, 0.25) is 5.02 Å². The number of carbonyl (C=O) groups is 2. The molecule has 2 amide bonds. The number of fused-ring (bicyclic) bond motifs is 4. The molecule has 3 aromatic carbocycles. The fraction of sp³-hybridized carbons (Fsp3) is 0.154. The van der Waals surface area contributed by atoms with Gasteiger partial charge in [-0.3, -0.25) is 9.59 Å². The molecule has 0 radical (unpaired) electrons. The first-order chi connectivity index (χ1) is 15.4. The number of nitrogens with two attached hydrogens (primary N) is 1. The molecule has 1 aliphatic carbocycles. The van der Waals surface area contributed by atoms with Crippen LogP contribution in [-0.2, 0) is 24.2 Å². The summed E-state index contributed by atoms with van der Waals surface area (Å²) in [5, 5.41) is 0.543. The molecule has 2 N–H and O–H groups in total. The Balaban J connectivity index is 1.76. The highest BCUT2D eigenvalue weighted by molar-refractivity contribution is 6.31. The number of carbonyl (C=O) groups excluding carboxylic acids is 2. The van der Waals surface area contributed by atoms with E-state index in [1.165, 1.54) is 12.1 Å². The number of hydrogen-bond acceptors (Lipinski definition) is 2. The van der Waals surface area contributed by atoms with Crippen LogP contribution in [0.5, 0.6) is 0 Å². The molecule has 5 rings (SSSR count). The van der Waals surface area contributed by atoms with E-state index in [4.69, 9.17) is 17.3 Å². The lowest BCUT2D eigenvalue weighted by Gasteiger charge is -2.30. The van der Waals surface area contributed by atoms with Crippen LogP contribution in [0.1, 0.15) is 32.6 Å². The second-order valence-corrected chi connectivity index (χ2v) is 8.57. The van der Waals surface area contributed by atoms with Gasteiger partial charge in [0.25, 0.3) is 0 Å². The van der Waals surface area contributed by atoms with E-state index in [2.05, 4.69) is 6.58 Å². The minimum atomic E-state index is -0.653. The normalized spacial score (nSPS) is 13.9. The Morgan fingerprint density at radius 2 is 1.88 bits per heavy atom. The maximum Gasteiger partial charge on any atom is 0.249 e. The standard InChI is InChI=1S/C26H20ClFN2O2/c1-2-23(31)30-9-8-17-15(13-30)4-3-5-18(17)25-22(28)12-21(26(29)32)20-10-14-6-7-16(27)11-19(14)24(20)25/h2-7,11-12H,1,8-10,13H2,(H2,29,32). The molecule has 0 saturated heterocycles. The molecule has 4 nitrogen and oxygen atoms in total. The first-order valence-electron chi connectivity index (χ1n) is 10.4. The fourth-order valence-corrected chi connectivity index (χ4v) is 5.11. The highest BCUT2D eigenvalue weighted by Crippen LogP contribution is 2.47. The van der Waals surface area contributed by atoms with Crippen molar-refractivity contribution in [1.29, 1.82) is 0 Å². The summed E-state index contributed by atoms with van der Waals surface area (Å²) in [7, 11) is 0. The van der Waals surface area contributed by atoms with Crippen LogP contribution in [0.25, 0.3) is 22.3 Å². The maximum atomic E-state index is 15.7. The van der Waals surface area contributed by atoms with Crippen LogP contribution in [0.4, 0.5) is 4.39 Å². The molecular formula is C26H20ClFN2O2. The molecular weight excluding hydrogens is 427 g/mol. The minimum absolute atomic E-state index is 0.123. The molecule has 0 fully saturated rings. The first-order valence-corrected chi connectivity index (χ1v) is 10.7. The summed E-state index contributed by atoms with van der Waals surface area (Å²) >= 11 is 6.27. The van der Waals surface area contributed by atoms with Gasteiger partial charge in [0, 0.05) is 29.2 Å². The lowest BCUT2D eigenvalue weighted by atomic mass is 9.85. The number of benzene rings is 3. The Bertz CT molecular complexity index is 1330. The van der Waals surface area contributed by atoms with Gasteiger partial charge >= 0.3 is 0 Å². The van der Waals surface area contributed by atoms with Gasteiger partial charge in [0.1, 0.15) is 5.82 Å². The van der Waals surface area contributed by atoms with E-state index in [0.29, 0.717) is 42.1 Å². The topological polar surface area (TPSA) is 63.4 Å². The van der Waals surface area contributed by atoms with Crippen LogP contribution in [0.15, 0.2) is 55.1 Å². The van der Waals surface area contributed by atoms with Crippen molar-refractivity contribution in [3.8, 4) is 22.3 Å². The van der Waals surface area contributed by atoms with Crippen LogP contribution in [0, 0.1) is 5.82 Å². The Morgan fingerprint density at radius 3 is 2.62 bits per heavy atom. The molecule has 0 spiro atoms. The van der Waals surface area contributed by atoms with Crippen molar-refractivity contribution < 1.29 is 14.0 Å². The average molecular weight is 447 g/mol. The van der Waals surface area contributed by atoms with Gasteiger partial charge in [-0.1, -0.05) is 42.4 Å². The van der Waals surface area contributed by atoms with Gasteiger partial charge in [0.2, 0.25) is 11.8 Å². The molecule has 3 aromatic rings. The van der Waals surface area contributed by atoms with Crippen molar-refractivity contribution in [2.24, 2.45) is 5.73 Å². The van der Waals surface area contributed by atoms with Crippen LogP contribution >= 0.6 is 11.6 Å². The fourth-order valence-electron chi connectivity index (χ4n) is 4.94. The highest BCUT2D eigenvalue weighted by Gasteiger charge is 2.31. The third-order valence-corrected chi connectivity index (χ3v) is 6.62. The molecule has 1 heterocycles. The number of rotatable bonds is 3. The summed E-state index contributed by atoms with van der Waals surface area (Å²) in [6, 6.07) is 12.5. The quantitative estimate of drug-likeness (QED) is 0.455. The Hall–Kier alpha value is -3.44. The summed E-state index contributed by atoms with van der Waals surface area (Å²) in [4.78, 5) is 26.0. The predicted octanol–water partition coefficient (Wildman–Crippen LogP) is 4.89. The molecule has 0 aromatic heterocycles. The Kier molecular flexibility index (Phi) is 4.86. The SMILES string of the molecule is C=CC(=O)N1CCc2c(cccc2-c2c(F)cc(C(N)=O)c3c2-c2cc(Cl)ccc2C3)C1. The van der Waals surface area contributed by atoms with Gasteiger partial charge in [-0.2, -0.15) is 0 Å². The van der Waals surface area contributed by atoms with E-state index in [0.717, 1.165) is 33.4 Å². The number of hydrogen-bond donors (Lipinski definition) is 1. The molecule has 6 heteroatoms. The number of halogens is 2. The lowest BCUT2D eigenvalue weighted by Crippen LogP contribution is -2.35. The van der Waals surface area contributed by atoms with Gasteiger partial charge in [0.05, 0.1) is 0 Å². The third kappa shape index (κ3) is 3.12. The zero-order valence-corrected chi connectivity index (χ0v) is 18.0. The van der Waals surface area contributed by atoms with Gasteiger partial charge in [-0.25, -0.2) is 4.39 Å². The molecule has 0 bridgehead atoms. The molecule has 0 atom stereocenters. The van der Waals surface area contributed by atoms with Gasteiger partial charge in [0.15, 0.2) is 0 Å². The summed E-state index contributed by atoms with van der Waals surface area (Å²) in [6.45, 7) is 4.54. The Labute approximate surface area is 190 Å². The van der Waals surface area contributed by atoms with Crippen molar-refractivity contribution in [2.45, 2.75) is 19.4 Å². The second kappa shape index (κ2) is 7.61. The summed E-state index contributed by atoms with van der Waals surface area (Å²) < 4.78 is 15.7. The number of primary amides is 1. The minimum Gasteiger partial charge on any atom is -0.366 e. The largest absolute Gasteiger partial charge is 0.366 e. The van der Waals surface area contributed by atoms with E-state index < -0.39 is 11.7 Å². The Morgan fingerprint density at radius 1 is 1.06 bits per heavy atom. The van der Waals surface area contributed by atoms with E-state index in [1.54, 1.807) is 11.0 Å². The van der Waals surface area contributed by atoms with E-state index in [-0.39, 0.29) is 11.5 Å². The summed E-state index contributed by atoms with van der Waals surface area (Å²) in [5.41, 5.74) is 12.2. The third-order valence-electron chi connectivity index (χ3n) is 6.38.